The third-order valence-corrected chi connectivity index (χ3v) is 6.01. The minimum absolute atomic E-state index is 0.137. The number of carbonyl (C=O) groups is 1. The Bertz CT molecular complexity index is 834. The Morgan fingerprint density at radius 2 is 1.79 bits per heavy atom. The van der Waals surface area contributed by atoms with E-state index in [1.54, 1.807) is 12.0 Å². The molecule has 4 rings (SSSR count). The smallest absolute Gasteiger partial charge is 0.414 e. The number of ether oxygens (including phenoxy) is 2. The molecule has 2 aromatic carbocycles. The van der Waals surface area contributed by atoms with Gasteiger partial charge in [0, 0.05) is 19.6 Å². The predicted octanol–water partition coefficient (Wildman–Crippen LogP) is 3.39. The van der Waals surface area contributed by atoms with Crippen LogP contribution in [-0.2, 0) is 10.3 Å². The Morgan fingerprint density at radius 3 is 2.52 bits per heavy atom. The number of aliphatic hydroxyl groups is 1. The van der Waals surface area contributed by atoms with Gasteiger partial charge in [0.05, 0.1) is 24.9 Å². The van der Waals surface area contributed by atoms with E-state index >= 15 is 0 Å². The van der Waals surface area contributed by atoms with Gasteiger partial charge in [-0.3, -0.25) is 4.90 Å². The summed E-state index contributed by atoms with van der Waals surface area (Å²) in [5, 5.41) is 11.0. The molecule has 2 saturated heterocycles. The number of amides is 1. The highest BCUT2D eigenvalue weighted by molar-refractivity contribution is 5.91. The van der Waals surface area contributed by atoms with Gasteiger partial charge in [0.2, 0.25) is 0 Å². The number of cyclic esters (lactones) is 1. The molecule has 0 aliphatic carbocycles. The van der Waals surface area contributed by atoms with Crippen molar-refractivity contribution in [1.82, 2.24) is 4.90 Å². The second-order valence-electron chi connectivity index (χ2n) is 7.82. The van der Waals surface area contributed by atoms with Crippen LogP contribution in [-0.4, -0.2) is 55.5 Å². The van der Waals surface area contributed by atoms with E-state index in [-0.39, 0.29) is 12.2 Å². The molecule has 0 saturated carbocycles. The monoisotopic (exact) mass is 396 g/mol. The average Bonchev–Trinajstić information content (AvgIpc) is 3.14. The van der Waals surface area contributed by atoms with E-state index < -0.39 is 5.60 Å². The van der Waals surface area contributed by atoms with Crippen molar-refractivity contribution >= 4 is 11.8 Å². The van der Waals surface area contributed by atoms with Crippen LogP contribution in [0.5, 0.6) is 5.75 Å². The SMILES string of the molecule is COc1ccccc1N1CC(CCN2CCC(O)(c3ccccc3)CC2)OC1=O. The van der Waals surface area contributed by atoms with Crippen molar-refractivity contribution in [3.8, 4) is 5.75 Å². The van der Waals surface area contributed by atoms with Crippen molar-refractivity contribution in [3.05, 3.63) is 60.2 Å². The zero-order valence-electron chi connectivity index (χ0n) is 16.8. The van der Waals surface area contributed by atoms with Crippen molar-refractivity contribution < 1.29 is 19.4 Å². The van der Waals surface area contributed by atoms with Crippen molar-refractivity contribution in [1.29, 1.82) is 0 Å². The maximum absolute atomic E-state index is 12.3. The highest BCUT2D eigenvalue weighted by atomic mass is 16.6. The van der Waals surface area contributed by atoms with E-state index in [1.165, 1.54) is 0 Å². The van der Waals surface area contributed by atoms with Gasteiger partial charge in [-0.1, -0.05) is 42.5 Å². The lowest BCUT2D eigenvalue weighted by Crippen LogP contribution is -2.43. The zero-order valence-corrected chi connectivity index (χ0v) is 16.8. The van der Waals surface area contributed by atoms with Crippen molar-refractivity contribution in [2.75, 3.05) is 38.2 Å². The Morgan fingerprint density at radius 1 is 1.10 bits per heavy atom. The molecule has 29 heavy (non-hydrogen) atoms. The summed E-state index contributed by atoms with van der Waals surface area (Å²) >= 11 is 0. The number of anilines is 1. The summed E-state index contributed by atoms with van der Waals surface area (Å²) in [7, 11) is 1.60. The molecular weight excluding hydrogens is 368 g/mol. The highest BCUT2D eigenvalue weighted by Crippen LogP contribution is 2.34. The Balaban J connectivity index is 1.29. The first-order valence-electron chi connectivity index (χ1n) is 10.2. The van der Waals surface area contributed by atoms with E-state index in [0.717, 1.165) is 50.1 Å². The lowest BCUT2D eigenvalue weighted by molar-refractivity contribution is -0.0275. The summed E-state index contributed by atoms with van der Waals surface area (Å²) < 4.78 is 11.0. The third kappa shape index (κ3) is 4.23. The Hall–Kier alpha value is -2.57. The fraction of sp³-hybridized carbons (Fsp3) is 0.435. The lowest BCUT2D eigenvalue weighted by atomic mass is 9.84. The molecule has 1 amide bonds. The molecule has 6 heteroatoms. The summed E-state index contributed by atoms with van der Waals surface area (Å²) in [5.74, 6) is 0.668. The van der Waals surface area contributed by atoms with Gasteiger partial charge >= 0.3 is 6.09 Å². The molecule has 2 fully saturated rings. The minimum atomic E-state index is -0.738. The largest absolute Gasteiger partial charge is 0.495 e. The number of carbonyl (C=O) groups excluding carboxylic acids is 1. The van der Waals surface area contributed by atoms with Crippen molar-refractivity contribution in [3.63, 3.8) is 0 Å². The highest BCUT2D eigenvalue weighted by Gasteiger charge is 2.36. The topological polar surface area (TPSA) is 62.2 Å². The molecule has 0 bridgehead atoms. The van der Waals surface area contributed by atoms with Crippen LogP contribution in [0, 0.1) is 0 Å². The van der Waals surface area contributed by atoms with E-state index in [0.29, 0.717) is 12.3 Å². The van der Waals surface area contributed by atoms with Crippen molar-refractivity contribution in [2.45, 2.75) is 31.0 Å². The van der Waals surface area contributed by atoms with Crippen LogP contribution >= 0.6 is 0 Å². The van der Waals surface area contributed by atoms with Crippen LogP contribution in [0.4, 0.5) is 10.5 Å². The van der Waals surface area contributed by atoms with Crippen molar-refractivity contribution in [2.24, 2.45) is 0 Å². The van der Waals surface area contributed by atoms with Crippen LogP contribution < -0.4 is 9.64 Å². The molecule has 6 nitrogen and oxygen atoms in total. The average molecular weight is 396 g/mol. The number of benzene rings is 2. The number of rotatable bonds is 6. The normalized spacial score (nSPS) is 21.8. The maximum atomic E-state index is 12.3. The second-order valence-corrected chi connectivity index (χ2v) is 7.82. The first kappa shape index (κ1) is 19.7. The number of para-hydroxylation sites is 2. The van der Waals surface area contributed by atoms with Gasteiger partial charge in [-0.05, 0) is 37.0 Å². The number of methoxy groups -OCH3 is 1. The van der Waals surface area contributed by atoms with Crippen LogP contribution in [0.2, 0.25) is 0 Å². The molecule has 0 radical (unpaired) electrons. The van der Waals surface area contributed by atoms with Gasteiger partial charge < -0.3 is 19.5 Å². The summed E-state index contributed by atoms with van der Waals surface area (Å²) in [5.41, 5.74) is 1.00. The van der Waals surface area contributed by atoms with Crippen LogP contribution in [0.3, 0.4) is 0 Å². The fourth-order valence-corrected chi connectivity index (χ4v) is 4.23. The second kappa shape index (κ2) is 8.43. The number of nitrogens with zero attached hydrogens (tertiary/aromatic N) is 2. The summed E-state index contributed by atoms with van der Waals surface area (Å²) in [6, 6.07) is 17.4. The van der Waals surface area contributed by atoms with Crippen LogP contribution in [0.1, 0.15) is 24.8 Å². The molecule has 2 heterocycles. The van der Waals surface area contributed by atoms with Gasteiger partial charge in [-0.2, -0.15) is 0 Å². The quantitative estimate of drug-likeness (QED) is 0.811. The minimum Gasteiger partial charge on any atom is -0.495 e. The number of piperidine rings is 1. The number of hydrogen-bond donors (Lipinski definition) is 1. The molecule has 154 valence electrons. The summed E-state index contributed by atoms with van der Waals surface area (Å²) in [6.07, 6.45) is 1.75. The van der Waals surface area contributed by atoms with E-state index in [4.69, 9.17) is 9.47 Å². The van der Waals surface area contributed by atoms with Crippen LogP contribution in [0.15, 0.2) is 54.6 Å². The molecule has 2 aliphatic rings. The first-order chi connectivity index (χ1) is 14.1. The third-order valence-electron chi connectivity index (χ3n) is 6.01. The first-order valence-corrected chi connectivity index (χ1v) is 10.2. The Kier molecular flexibility index (Phi) is 5.74. The van der Waals surface area contributed by atoms with Gasteiger partial charge in [0.15, 0.2) is 0 Å². The standard InChI is InChI=1S/C23H28N2O4/c1-28-21-10-6-5-9-20(21)25-17-19(29-22(25)26)11-14-24-15-12-23(27,13-16-24)18-7-3-2-4-8-18/h2-10,19,27H,11-17H2,1H3. The van der Waals surface area contributed by atoms with Gasteiger partial charge in [-0.15, -0.1) is 0 Å². The number of hydrogen-bond acceptors (Lipinski definition) is 5. The molecule has 0 aromatic heterocycles. The summed E-state index contributed by atoms with van der Waals surface area (Å²) in [6.45, 7) is 3.05. The molecule has 2 aliphatic heterocycles. The summed E-state index contributed by atoms with van der Waals surface area (Å²) in [4.78, 5) is 16.3. The fourth-order valence-electron chi connectivity index (χ4n) is 4.23. The van der Waals surface area contributed by atoms with Crippen LogP contribution in [0.25, 0.3) is 0 Å². The molecule has 1 atom stereocenters. The van der Waals surface area contributed by atoms with E-state index in [9.17, 15) is 9.90 Å². The zero-order chi connectivity index (χ0) is 20.3. The predicted molar refractivity (Wildman–Crippen MR) is 111 cm³/mol. The van der Waals surface area contributed by atoms with Gasteiger partial charge in [-0.25, -0.2) is 4.79 Å². The van der Waals surface area contributed by atoms with Gasteiger partial charge in [0.1, 0.15) is 11.9 Å². The molecule has 1 unspecified atom stereocenters. The van der Waals surface area contributed by atoms with Gasteiger partial charge in [0.25, 0.3) is 0 Å². The molecule has 1 N–H and O–H groups in total. The van der Waals surface area contributed by atoms with E-state index in [1.807, 2.05) is 54.6 Å². The molecule has 2 aromatic rings. The molecular formula is C23H28N2O4. The molecule has 0 spiro atoms. The Labute approximate surface area is 171 Å². The van der Waals surface area contributed by atoms with E-state index in [2.05, 4.69) is 4.90 Å². The lowest BCUT2D eigenvalue weighted by Gasteiger charge is -2.38. The maximum Gasteiger partial charge on any atom is 0.414 e. The number of likely N-dealkylation sites (tertiary alicyclic amines) is 1.